The van der Waals surface area contributed by atoms with Gasteiger partial charge >= 0.3 is 0 Å². The van der Waals surface area contributed by atoms with Crippen molar-refractivity contribution in [3.05, 3.63) is 155 Å². The third-order valence-corrected chi connectivity index (χ3v) is 13.7. The predicted octanol–water partition coefficient (Wildman–Crippen LogP) is 13.2. The van der Waals surface area contributed by atoms with E-state index in [1.54, 1.807) is 0 Å². The Hall–Kier alpha value is -3.88. The Labute approximate surface area is 351 Å². The molecule has 0 radical (unpaired) electrons. The van der Waals surface area contributed by atoms with Crippen LogP contribution < -0.4 is 9.80 Å². The lowest BCUT2D eigenvalue weighted by molar-refractivity contribution is -0.903. The predicted molar refractivity (Wildman–Crippen MR) is 241 cm³/mol. The van der Waals surface area contributed by atoms with Gasteiger partial charge in [-0.15, -0.1) is 0 Å². The minimum atomic E-state index is 0.784. The number of rotatable bonds is 13. The molecule has 2 aliphatic heterocycles. The molecule has 0 atom stereocenters. The fourth-order valence-electron chi connectivity index (χ4n) is 8.15. The van der Waals surface area contributed by atoms with Crippen molar-refractivity contribution in [2.75, 3.05) is 64.2 Å². The third kappa shape index (κ3) is 8.97. The van der Waals surface area contributed by atoms with E-state index >= 15 is 0 Å². The summed E-state index contributed by atoms with van der Waals surface area (Å²) in [5, 5.41) is 1.57. The van der Waals surface area contributed by atoms with Crippen LogP contribution >= 0.6 is 46.7 Å². The van der Waals surface area contributed by atoms with Crippen LogP contribution in [0.3, 0.4) is 0 Å². The maximum Gasteiger partial charge on any atom is 0.104 e. The van der Waals surface area contributed by atoms with Crippen molar-refractivity contribution in [2.24, 2.45) is 0 Å². The Morgan fingerprint density at radius 1 is 0.446 bits per heavy atom. The molecule has 8 heteroatoms. The van der Waals surface area contributed by atoms with Crippen LogP contribution in [-0.4, -0.2) is 63.3 Å². The third-order valence-electron chi connectivity index (χ3n) is 10.9. The molecule has 0 saturated heterocycles. The number of benzene rings is 6. The molecular weight excluding hydrogens is 768 g/mol. The van der Waals surface area contributed by atoms with Gasteiger partial charge in [-0.2, -0.15) is 0 Å². The molecule has 6 aromatic rings. The molecule has 0 saturated carbocycles. The molecule has 56 heavy (non-hydrogen) atoms. The van der Waals surface area contributed by atoms with E-state index in [4.69, 9.17) is 23.2 Å². The molecule has 8 rings (SSSR count). The fraction of sp³-hybridized carbons (Fsp3) is 0.250. The van der Waals surface area contributed by atoms with Gasteiger partial charge in [0.2, 0.25) is 0 Å². The lowest BCUT2D eigenvalue weighted by Crippen LogP contribution is -2.40. The number of fused-ring (bicyclic) bond motifs is 4. The number of anilines is 4. The number of hydrogen-bond donors (Lipinski definition) is 0. The van der Waals surface area contributed by atoms with Gasteiger partial charge < -0.3 is 18.8 Å². The summed E-state index contributed by atoms with van der Waals surface area (Å²) in [5.41, 5.74) is 10.2. The van der Waals surface area contributed by atoms with Gasteiger partial charge in [0.25, 0.3) is 0 Å². The Morgan fingerprint density at radius 3 is 1.23 bits per heavy atom. The summed E-state index contributed by atoms with van der Waals surface area (Å²) in [6.07, 6.45) is 2.15. The summed E-state index contributed by atoms with van der Waals surface area (Å²) >= 11 is 16.6. The minimum Gasteiger partial charge on any atom is -0.339 e. The van der Waals surface area contributed by atoms with Crippen LogP contribution in [0.15, 0.2) is 153 Å². The zero-order valence-electron chi connectivity index (χ0n) is 32.7. The van der Waals surface area contributed by atoms with E-state index in [-0.39, 0.29) is 0 Å². The Balaban J connectivity index is 0.840. The van der Waals surface area contributed by atoms with Crippen molar-refractivity contribution >= 4 is 69.5 Å². The van der Waals surface area contributed by atoms with Gasteiger partial charge in [0.1, 0.15) is 13.1 Å². The molecule has 0 bridgehead atoms. The highest BCUT2D eigenvalue weighted by Crippen LogP contribution is 2.50. The zero-order chi connectivity index (χ0) is 38.9. The quantitative estimate of drug-likeness (QED) is 0.107. The Morgan fingerprint density at radius 2 is 0.821 bits per heavy atom. The van der Waals surface area contributed by atoms with E-state index in [0.717, 1.165) is 71.1 Å². The van der Waals surface area contributed by atoms with Gasteiger partial charge in [0.05, 0.1) is 64.0 Å². The maximum absolute atomic E-state index is 6.46. The molecule has 0 N–H and O–H groups in total. The number of halogens is 2. The average Bonchev–Trinajstić information content (AvgIpc) is 3.18. The van der Waals surface area contributed by atoms with E-state index in [9.17, 15) is 0 Å². The second-order valence-electron chi connectivity index (χ2n) is 16.4. The fourth-order valence-corrected chi connectivity index (χ4v) is 10.6. The molecule has 0 aliphatic carbocycles. The molecule has 0 aromatic heterocycles. The molecule has 2 aliphatic rings. The average molecular weight is 818 g/mol. The lowest BCUT2D eigenvalue weighted by Gasteiger charge is -2.35. The van der Waals surface area contributed by atoms with Crippen molar-refractivity contribution < 1.29 is 8.97 Å². The van der Waals surface area contributed by atoms with E-state index in [2.05, 4.69) is 159 Å². The summed E-state index contributed by atoms with van der Waals surface area (Å²) in [4.78, 5) is 10.1. The smallest absolute Gasteiger partial charge is 0.104 e. The summed E-state index contributed by atoms with van der Waals surface area (Å²) < 4.78 is 1.86. The maximum atomic E-state index is 6.46. The van der Waals surface area contributed by atoms with E-state index in [0.29, 0.717) is 0 Å². The SMILES string of the molecule is C[N+](C)(CCCN1c2ccccc2Sc2ccc(Cl)cc21)Cc1ccc(-c2ccc(C[N+](C)(C)CCCN3c4ccccc4Sc4ccc(Cl)cc43)cc2)cc1. The van der Waals surface area contributed by atoms with Gasteiger partial charge in [-0.05, 0) is 71.8 Å². The van der Waals surface area contributed by atoms with Gasteiger partial charge in [-0.25, -0.2) is 0 Å². The number of para-hydroxylation sites is 2. The minimum absolute atomic E-state index is 0.784. The van der Waals surface area contributed by atoms with Gasteiger partial charge in [0, 0.05) is 66.7 Å². The summed E-state index contributed by atoms with van der Waals surface area (Å²) in [7, 11) is 9.38. The van der Waals surface area contributed by atoms with Crippen LogP contribution in [0.4, 0.5) is 22.7 Å². The van der Waals surface area contributed by atoms with Crippen LogP contribution in [0.5, 0.6) is 0 Å². The zero-order valence-corrected chi connectivity index (χ0v) is 35.9. The van der Waals surface area contributed by atoms with Crippen molar-refractivity contribution in [2.45, 2.75) is 45.5 Å². The molecule has 6 aromatic carbocycles. The lowest BCUT2D eigenvalue weighted by atomic mass is 10.0. The first-order chi connectivity index (χ1) is 27.0. The number of hydrogen-bond acceptors (Lipinski definition) is 4. The first-order valence-electron chi connectivity index (χ1n) is 19.5. The Bertz CT molecular complexity index is 2160. The highest BCUT2D eigenvalue weighted by Gasteiger charge is 2.26. The van der Waals surface area contributed by atoms with Gasteiger partial charge in [0.15, 0.2) is 0 Å². The largest absolute Gasteiger partial charge is 0.339 e. The molecular formula is C48H50Cl2N4S2+2. The second kappa shape index (κ2) is 16.5. The van der Waals surface area contributed by atoms with E-state index in [1.165, 1.54) is 64.6 Å². The Kier molecular flexibility index (Phi) is 11.5. The van der Waals surface area contributed by atoms with Crippen LogP contribution in [-0.2, 0) is 13.1 Å². The number of nitrogens with zero attached hydrogens (tertiary/aromatic N) is 4. The van der Waals surface area contributed by atoms with Crippen LogP contribution in [0, 0.1) is 0 Å². The molecule has 0 unspecified atom stereocenters. The normalized spacial score (nSPS) is 13.5. The van der Waals surface area contributed by atoms with Crippen LogP contribution in [0.2, 0.25) is 10.0 Å². The molecule has 0 spiro atoms. The van der Waals surface area contributed by atoms with Gasteiger partial charge in [-0.3, -0.25) is 0 Å². The molecule has 2 heterocycles. The summed E-state index contributed by atoms with van der Waals surface area (Å²) in [6.45, 7) is 6.04. The summed E-state index contributed by atoms with van der Waals surface area (Å²) in [5.74, 6) is 0. The van der Waals surface area contributed by atoms with Crippen LogP contribution in [0.25, 0.3) is 11.1 Å². The highest BCUT2D eigenvalue weighted by atomic mass is 35.5. The van der Waals surface area contributed by atoms with Crippen molar-refractivity contribution in [1.29, 1.82) is 0 Å². The van der Waals surface area contributed by atoms with Crippen LogP contribution in [0.1, 0.15) is 24.0 Å². The first-order valence-corrected chi connectivity index (χ1v) is 21.9. The van der Waals surface area contributed by atoms with Gasteiger partial charge in [-0.1, -0.05) is 120 Å². The molecule has 0 fully saturated rings. The highest BCUT2D eigenvalue weighted by molar-refractivity contribution is 8.00. The molecule has 4 nitrogen and oxygen atoms in total. The molecule has 286 valence electrons. The monoisotopic (exact) mass is 816 g/mol. The second-order valence-corrected chi connectivity index (χ2v) is 19.4. The standard InChI is InChI=1S/C48H50Cl2N4S2/c1-53(2,29-9-27-51-41-11-5-7-13-45(41)55-47-25-23-39(49)31-43(47)51)33-35-15-19-37(20-16-35)38-21-17-36(18-22-38)34-54(3,4)30-10-28-52-42-12-6-8-14-46(42)56-48-26-24-40(50)32-44(48)52/h5-8,11-26,31-32H,9-10,27-30,33-34H2,1-4H3/q+2. The van der Waals surface area contributed by atoms with Crippen molar-refractivity contribution in [3.8, 4) is 11.1 Å². The topological polar surface area (TPSA) is 6.48 Å². The first kappa shape index (κ1) is 39.0. The van der Waals surface area contributed by atoms with Crippen molar-refractivity contribution in [3.63, 3.8) is 0 Å². The molecule has 0 amide bonds. The summed E-state index contributed by atoms with van der Waals surface area (Å²) in [6, 6.07) is 48.3. The van der Waals surface area contributed by atoms with Crippen molar-refractivity contribution in [1.82, 2.24) is 0 Å². The van der Waals surface area contributed by atoms with E-state index < -0.39 is 0 Å². The van der Waals surface area contributed by atoms with E-state index in [1.807, 2.05) is 35.7 Å². The number of quaternary nitrogens is 2.